The standard InChI is InChI=1S/C18H18F4N6O.3H2/c1-3-17(2,16(29)26-9-18(20,21)22)28-15-12(19)8-25-14(27-15)11-7-24-13-10(11)5-4-6-23-13;;;/h4-8H,3,9H2,1-2H3,(H,23,24)(H,26,29)(H,25,27,28);3*1H/t17-;;;/m1.../s1. The van der Waals surface area contributed by atoms with Gasteiger partial charge < -0.3 is 15.6 Å². The third-order valence-electron chi connectivity index (χ3n) is 4.49. The largest absolute Gasteiger partial charge is 0.405 e. The molecule has 3 aromatic heterocycles. The number of aromatic amines is 1. The van der Waals surface area contributed by atoms with Crippen molar-refractivity contribution in [2.24, 2.45) is 0 Å². The van der Waals surface area contributed by atoms with Crippen molar-refractivity contribution in [1.29, 1.82) is 0 Å². The minimum atomic E-state index is -4.55. The smallest absolute Gasteiger partial charge is 0.354 e. The molecule has 0 unspecified atom stereocenters. The fraction of sp³-hybridized carbons (Fsp3) is 0.333. The molecule has 0 aliphatic heterocycles. The van der Waals surface area contributed by atoms with Gasteiger partial charge in [0.05, 0.1) is 6.20 Å². The second-order valence-corrected chi connectivity index (χ2v) is 6.60. The second kappa shape index (κ2) is 7.64. The zero-order chi connectivity index (χ0) is 21.2. The maximum atomic E-state index is 14.3. The molecule has 0 saturated carbocycles. The molecule has 11 heteroatoms. The molecule has 3 aromatic rings. The number of anilines is 1. The maximum Gasteiger partial charge on any atom is 0.405 e. The number of amides is 1. The molecule has 0 aromatic carbocycles. The van der Waals surface area contributed by atoms with Gasteiger partial charge in [0.25, 0.3) is 0 Å². The van der Waals surface area contributed by atoms with Gasteiger partial charge in [-0.1, -0.05) is 6.92 Å². The van der Waals surface area contributed by atoms with Crippen LogP contribution >= 0.6 is 0 Å². The lowest BCUT2D eigenvalue weighted by atomic mass is 9.97. The topological polar surface area (TPSA) is 95.6 Å². The molecule has 29 heavy (non-hydrogen) atoms. The summed E-state index contributed by atoms with van der Waals surface area (Å²) >= 11 is 0. The van der Waals surface area contributed by atoms with Gasteiger partial charge in [-0.15, -0.1) is 0 Å². The van der Waals surface area contributed by atoms with Crippen molar-refractivity contribution in [3.63, 3.8) is 0 Å². The van der Waals surface area contributed by atoms with Gasteiger partial charge >= 0.3 is 6.18 Å². The molecule has 0 saturated heterocycles. The summed E-state index contributed by atoms with van der Waals surface area (Å²) < 4.78 is 51.6. The molecule has 1 atom stereocenters. The molecule has 0 radical (unpaired) electrons. The molecular weight excluding hydrogens is 392 g/mol. The van der Waals surface area contributed by atoms with Crippen LogP contribution in [0.5, 0.6) is 0 Å². The molecule has 0 aliphatic rings. The fourth-order valence-electron chi connectivity index (χ4n) is 2.67. The van der Waals surface area contributed by atoms with Gasteiger partial charge in [0.15, 0.2) is 17.5 Å². The first kappa shape index (κ1) is 20.5. The maximum absolute atomic E-state index is 14.3. The normalized spacial score (nSPS) is 13.9. The minimum Gasteiger partial charge on any atom is -0.354 e. The first-order valence-corrected chi connectivity index (χ1v) is 8.71. The minimum absolute atomic E-state index is 0. The highest BCUT2D eigenvalue weighted by molar-refractivity contribution is 5.92. The molecular formula is C18H24F4N6O. The van der Waals surface area contributed by atoms with E-state index in [2.05, 4.69) is 25.3 Å². The predicted octanol–water partition coefficient (Wildman–Crippen LogP) is 4.16. The van der Waals surface area contributed by atoms with Crippen molar-refractivity contribution < 1.29 is 26.6 Å². The second-order valence-electron chi connectivity index (χ2n) is 6.60. The number of hydrogen-bond donors (Lipinski definition) is 3. The number of pyridine rings is 1. The number of hydrogen-bond acceptors (Lipinski definition) is 5. The Hall–Kier alpha value is -3.24. The summed E-state index contributed by atoms with van der Waals surface area (Å²) in [5, 5.41) is 5.16. The highest BCUT2D eigenvalue weighted by Gasteiger charge is 2.36. The highest BCUT2D eigenvalue weighted by Crippen LogP contribution is 2.27. The van der Waals surface area contributed by atoms with Crippen LogP contribution in [0.15, 0.2) is 30.7 Å². The number of H-pyrrole nitrogens is 1. The Morgan fingerprint density at radius 1 is 1.31 bits per heavy atom. The number of carbonyl (C=O) groups excluding carboxylic acids is 1. The number of halogens is 4. The molecule has 0 bridgehead atoms. The number of nitrogens with one attached hydrogen (secondary N) is 3. The quantitative estimate of drug-likeness (QED) is 0.525. The van der Waals surface area contributed by atoms with Gasteiger partial charge in [0.1, 0.15) is 17.7 Å². The number of fused-ring (bicyclic) bond motifs is 1. The van der Waals surface area contributed by atoms with Crippen LogP contribution in [0.25, 0.3) is 22.4 Å². The van der Waals surface area contributed by atoms with Crippen molar-refractivity contribution in [3.8, 4) is 11.4 Å². The third-order valence-corrected chi connectivity index (χ3v) is 4.49. The van der Waals surface area contributed by atoms with Crippen molar-refractivity contribution in [1.82, 2.24) is 25.3 Å². The number of alkyl halides is 3. The first-order chi connectivity index (χ1) is 13.6. The van der Waals surface area contributed by atoms with Crippen LogP contribution in [-0.2, 0) is 4.79 Å². The molecule has 0 fully saturated rings. The Balaban J connectivity index is 0.00000320. The Morgan fingerprint density at radius 3 is 2.76 bits per heavy atom. The van der Waals surface area contributed by atoms with Crippen LogP contribution in [-0.4, -0.2) is 44.1 Å². The van der Waals surface area contributed by atoms with E-state index in [9.17, 15) is 22.4 Å². The van der Waals surface area contributed by atoms with Crippen LogP contribution in [0.4, 0.5) is 23.4 Å². The lowest BCUT2D eigenvalue weighted by Gasteiger charge is -2.29. The van der Waals surface area contributed by atoms with Gasteiger partial charge in [-0.05, 0) is 25.5 Å². The van der Waals surface area contributed by atoms with Gasteiger partial charge in [-0.3, -0.25) is 4.79 Å². The monoisotopic (exact) mass is 416 g/mol. The zero-order valence-electron chi connectivity index (χ0n) is 15.6. The molecule has 0 spiro atoms. The molecule has 3 N–H and O–H groups in total. The molecule has 3 rings (SSSR count). The van der Waals surface area contributed by atoms with Gasteiger partial charge in [0.2, 0.25) is 5.91 Å². The molecule has 1 amide bonds. The number of nitrogens with zero attached hydrogens (tertiary/aromatic N) is 3. The van der Waals surface area contributed by atoms with Crippen LogP contribution in [0.2, 0.25) is 0 Å². The summed E-state index contributed by atoms with van der Waals surface area (Å²) in [6, 6.07) is 3.51. The average Bonchev–Trinajstić information content (AvgIpc) is 3.11. The third kappa shape index (κ3) is 4.44. The van der Waals surface area contributed by atoms with Gasteiger partial charge in [0, 0.05) is 27.6 Å². The Labute approximate surface area is 167 Å². The number of carbonyl (C=O) groups is 1. The molecule has 0 aliphatic carbocycles. The van der Waals surface area contributed by atoms with Crippen molar-refractivity contribution >= 4 is 22.8 Å². The van der Waals surface area contributed by atoms with E-state index in [-0.39, 0.29) is 22.3 Å². The summed E-state index contributed by atoms with van der Waals surface area (Å²) in [5.74, 6) is -1.88. The summed E-state index contributed by atoms with van der Waals surface area (Å²) in [4.78, 5) is 27.5. The van der Waals surface area contributed by atoms with Crippen molar-refractivity contribution in [3.05, 3.63) is 36.5 Å². The predicted molar refractivity (Wildman–Crippen MR) is 105 cm³/mol. The fourth-order valence-corrected chi connectivity index (χ4v) is 2.67. The summed E-state index contributed by atoms with van der Waals surface area (Å²) in [6.07, 6.45) is -0.311. The molecule has 7 nitrogen and oxygen atoms in total. The van der Waals surface area contributed by atoms with Crippen LogP contribution < -0.4 is 10.6 Å². The van der Waals surface area contributed by atoms with Gasteiger partial charge in [-0.2, -0.15) is 13.2 Å². The van der Waals surface area contributed by atoms with E-state index in [0.29, 0.717) is 16.6 Å². The lowest BCUT2D eigenvalue weighted by molar-refractivity contribution is -0.140. The van der Waals surface area contributed by atoms with Crippen molar-refractivity contribution in [2.45, 2.75) is 32.0 Å². The highest BCUT2D eigenvalue weighted by atomic mass is 19.4. The van der Waals surface area contributed by atoms with E-state index in [0.717, 1.165) is 6.20 Å². The van der Waals surface area contributed by atoms with E-state index >= 15 is 0 Å². The van der Waals surface area contributed by atoms with E-state index in [1.807, 2.05) is 5.32 Å². The van der Waals surface area contributed by atoms with Crippen LogP contribution in [0, 0.1) is 5.82 Å². The van der Waals surface area contributed by atoms with Crippen LogP contribution in [0.3, 0.4) is 0 Å². The van der Waals surface area contributed by atoms with Crippen molar-refractivity contribution in [2.75, 3.05) is 11.9 Å². The summed E-state index contributed by atoms with van der Waals surface area (Å²) in [6.45, 7) is 1.48. The Morgan fingerprint density at radius 2 is 2.07 bits per heavy atom. The molecule has 160 valence electrons. The Bertz CT molecular complexity index is 1050. The lowest BCUT2D eigenvalue weighted by Crippen LogP contribution is -2.52. The average molecular weight is 416 g/mol. The van der Waals surface area contributed by atoms with Crippen LogP contribution in [0.1, 0.15) is 24.5 Å². The zero-order valence-corrected chi connectivity index (χ0v) is 15.6. The SMILES string of the molecule is CC[C@@](C)(Nc1nc(-c2c[nH]c3ncccc23)ncc1F)C(=O)NCC(F)(F)F.[HH].[HH].[HH]. The Kier molecular flexibility index (Phi) is 5.40. The van der Waals surface area contributed by atoms with E-state index in [1.165, 1.54) is 6.92 Å². The first-order valence-electron chi connectivity index (χ1n) is 8.71. The van der Waals surface area contributed by atoms with Gasteiger partial charge in [-0.25, -0.2) is 19.3 Å². The van der Waals surface area contributed by atoms with E-state index in [4.69, 9.17) is 0 Å². The summed E-state index contributed by atoms with van der Waals surface area (Å²) in [7, 11) is 0. The van der Waals surface area contributed by atoms with E-state index < -0.39 is 30.0 Å². The number of rotatable bonds is 6. The molecule has 3 heterocycles. The summed E-state index contributed by atoms with van der Waals surface area (Å²) in [5.41, 5.74) is -0.356. The van der Waals surface area contributed by atoms with E-state index in [1.54, 1.807) is 31.5 Å². The number of aromatic nitrogens is 4.